The fraction of sp³-hybridized carbons (Fsp3) is 0.300. The molecule has 0 aliphatic carbocycles. The van der Waals surface area contributed by atoms with E-state index < -0.39 is 0 Å². The summed E-state index contributed by atoms with van der Waals surface area (Å²) in [6, 6.07) is 5.84. The van der Waals surface area contributed by atoms with Crippen LogP contribution in [0.25, 0.3) is 0 Å². The molecule has 0 N–H and O–H groups in total. The van der Waals surface area contributed by atoms with Crippen LogP contribution in [0.4, 0.5) is 0 Å². The molecular formula is C10H11NO. The first-order valence-electron chi connectivity index (χ1n) is 3.74. The van der Waals surface area contributed by atoms with Gasteiger partial charge in [0.25, 0.3) is 0 Å². The number of benzene rings is 1. The Labute approximate surface area is 72.4 Å². The highest BCUT2D eigenvalue weighted by Gasteiger charge is 2.02. The molecule has 62 valence electrons. The van der Waals surface area contributed by atoms with Crippen molar-refractivity contribution in [3.8, 4) is 11.8 Å². The van der Waals surface area contributed by atoms with Gasteiger partial charge in [-0.1, -0.05) is 6.07 Å². The molecule has 0 aromatic heterocycles. The van der Waals surface area contributed by atoms with Gasteiger partial charge >= 0.3 is 0 Å². The Morgan fingerprint density at radius 3 is 2.42 bits per heavy atom. The maximum atomic E-state index is 8.72. The van der Waals surface area contributed by atoms with Crippen LogP contribution in [0.3, 0.4) is 0 Å². The Morgan fingerprint density at radius 2 is 1.92 bits per heavy atom. The van der Waals surface area contributed by atoms with E-state index in [0.717, 1.165) is 16.9 Å². The van der Waals surface area contributed by atoms with E-state index in [0.29, 0.717) is 5.56 Å². The van der Waals surface area contributed by atoms with Crippen LogP contribution in [0.15, 0.2) is 12.1 Å². The predicted molar refractivity (Wildman–Crippen MR) is 47.2 cm³/mol. The highest BCUT2D eigenvalue weighted by atomic mass is 16.5. The fourth-order valence-electron chi connectivity index (χ4n) is 1.17. The molecule has 0 atom stereocenters. The zero-order valence-electron chi connectivity index (χ0n) is 7.51. The molecular weight excluding hydrogens is 150 g/mol. The van der Waals surface area contributed by atoms with E-state index in [4.69, 9.17) is 10.00 Å². The van der Waals surface area contributed by atoms with E-state index in [2.05, 4.69) is 6.07 Å². The lowest BCUT2D eigenvalue weighted by Crippen LogP contribution is -1.90. The van der Waals surface area contributed by atoms with Crippen LogP contribution < -0.4 is 4.74 Å². The van der Waals surface area contributed by atoms with E-state index >= 15 is 0 Å². The van der Waals surface area contributed by atoms with Gasteiger partial charge in [0, 0.05) is 0 Å². The van der Waals surface area contributed by atoms with Crippen LogP contribution in [0.2, 0.25) is 0 Å². The summed E-state index contributed by atoms with van der Waals surface area (Å²) in [5.74, 6) is 0.775. The average molecular weight is 161 g/mol. The largest absolute Gasteiger partial charge is 0.496 e. The summed E-state index contributed by atoms with van der Waals surface area (Å²) < 4.78 is 5.09. The van der Waals surface area contributed by atoms with Gasteiger partial charge in [0.05, 0.1) is 18.7 Å². The lowest BCUT2D eigenvalue weighted by Gasteiger charge is -2.06. The highest BCUT2D eigenvalue weighted by molar-refractivity contribution is 5.46. The average Bonchev–Trinajstić information content (AvgIpc) is 2.05. The van der Waals surface area contributed by atoms with Crippen LogP contribution in [0, 0.1) is 25.2 Å². The van der Waals surface area contributed by atoms with Crippen molar-refractivity contribution >= 4 is 0 Å². The number of ether oxygens (including phenoxy) is 1. The van der Waals surface area contributed by atoms with Crippen LogP contribution in [-0.4, -0.2) is 7.11 Å². The lowest BCUT2D eigenvalue weighted by molar-refractivity contribution is 0.411. The van der Waals surface area contributed by atoms with Crippen molar-refractivity contribution in [1.82, 2.24) is 0 Å². The first kappa shape index (κ1) is 8.61. The molecule has 0 heterocycles. The molecule has 0 fully saturated rings. The summed E-state index contributed by atoms with van der Waals surface area (Å²) in [5.41, 5.74) is 2.74. The summed E-state index contributed by atoms with van der Waals surface area (Å²) in [6.45, 7) is 3.89. The number of aryl methyl sites for hydroxylation is 2. The van der Waals surface area contributed by atoms with Gasteiger partial charge < -0.3 is 4.74 Å². The number of nitrogens with zero attached hydrogens (tertiary/aromatic N) is 1. The molecule has 0 aliphatic rings. The third-order valence-corrected chi connectivity index (χ3v) is 1.86. The molecule has 1 aromatic rings. The van der Waals surface area contributed by atoms with Gasteiger partial charge in [-0.15, -0.1) is 0 Å². The quantitative estimate of drug-likeness (QED) is 0.632. The molecule has 1 aromatic carbocycles. The molecule has 2 nitrogen and oxygen atoms in total. The van der Waals surface area contributed by atoms with Crippen LogP contribution in [0.1, 0.15) is 16.7 Å². The maximum Gasteiger partial charge on any atom is 0.123 e. The van der Waals surface area contributed by atoms with Gasteiger partial charge in [0.15, 0.2) is 0 Å². The third-order valence-electron chi connectivity index (χ3n) is 1.86. The van der Waals surface area contributed by atoms with E-state index in [1.165, 1.54) is 0 Å². The van der Waals surface area contributed by atoms with Gasteiger partial charge in [-0.05, 0) is 31.0 Å². The van der Waals surface area contributed by atoms with E-state index in [1.807, 2.05) is 19.9 Å². The van der Waals surface area contributed by atoms with Crippen molar-refractivity contribution in [3.63, 3.8) is 0 Å². The minimum atomic E-state index is 0.678. The molecule has 0 aliphatic heterocycles. The molecule has 0 unspecified atom stereocenters. The van der Waals surface area contributed by atoms with Gasteiger partial charge in [-0.25, -0.2) is 0 Å². The first-order chi connectivity index (χ1) is 5.69. The van der Waals surface area contributed by atoms with E-state index in [9.17, 15) is 0 Å². The third kappa shape index (κ3) is 1.40. The number of hydrogen-bond donors (Lipinski definition) is 0. The molecule has 0 saturated carbocycles. The molecule has 0 saturated heterocycles. The van der Waals surface area contributed by atoms with Crippen molar-refractivity contribution in [2.75, 3.05) is 7.11 Å². The Kier molecular flexibility index (Phi) is 2.35. The number of hydrogen-bond acceptors (Lipinski definition) is 2. The fourth-order valence-corrected chi connectivity index (χ4v) is 1.17. The van der Waals surface area contributed by atoms with Crippen LogP contribution in [-0.2, 0) is 0 Å². The van der Waals surface area contributed by atoms with Crippen molar-refractivity contribution in [1.29, 1.82) is 5.26 Å². The summed E-state index contributed by atoms with van der Waals surface area (Å²) in [5, 5.41) is 8.72. The van der Waals surface area contributed by atoms with Crippen molar-refractivity contribution in [3.05, 3.63) is 28.8 Å². The minimum absolute atomic E-state index is 0.678. The standard InChI is InChI=1S/C10H11NO/c1-7-4-8(2)10(12-3)5-9(7)6-11/h4-5H,1-3H3. The monoisotopic (exact) mass is 161 g/mol. The molecule has 0 radical (unpaired) electrons. The molecule has 0 spiro atoms. The van der Waals surface area contributed by atoms with Gasteiger partial charge in [-0.2, -0.15) is 5.26 Å². The van der Waals surface area contributed by atoms with Gasteiger partial charge in [0.2, 0.25) is 0 Å². The summed E-state index contributed by atoms with van der Waals surface area (Å²) in [4.78, 5) is 0. The molecule has 1 rings (SSSR count). The predicted octanol–water partition coefficient (Wildman–Crippen LogP) is 2.18. The zero-order valence-corrected chi connectivity index (χ0v) is 7.51. The minimum Gasteiger partial charge on any atom is -0.496 e. The summed E-state index contributed by atoms with van der Waals surface area (Å²) >= 11 is 0. The zero-order chi connectivity index (χ0) is 9.14. The number of rotatable bonds is 1. The van der Waals surface area contributed by atoms with E-state index in [1.54, 1.807) is 13.2 Å². The smallest absolute Gasteiger partial charge is 0.123 e. The maximum absolute atomic E-state index is 8.72. The number of nitriles is 1. The SMILES string of the molecule is COc1cc(C#N)c(C)cc1C. The Hall–Kier alpha value is -1.49. The highest BCUT2D eigenvalue weighted by Crippen LogP contribution is 2.21. The second-order valence-electron chi connectivity index (χ2n) is 2.75. The van der Waals surface area contributed by atoms with Crippen molar-refractivity contribution in [2.24, 2.45) is 0 Å². The van der Waals surface area contributed by atoms with Gasteiger partial charge in [0.1, 0.15) is 5.75 Å². The molecule has 0 bridgehead atoms. The second kappa shape index (κ2) is 3.27. The Balaban J connectivity index is 3.30. The first-order valence-corrected chi connectivity index (χ1v) is 3.74. The second-order valence-corrected chi connectivity index (χ2v) is 2.75. The summed E-state index contributed by atoms with van der Waals surface area (Å²) in [6.07, 6.45) is 0. The lowest BCUT2D eigenvalue weighted by atomic mass is 10.1. The molecule has 12 heavy (non-hydrogen) atoms. The molecule has 2 heteroatoms. The summed E-state index contributed by atoms with van der Waals surface area (Å²) in [7, 11) is 1.61. The van der Waals surface area contributed by atoms with Crippen molar-refractivity contribution in [2.45, 2.75) is 13.8 Å². The normalized spacial score (nSPS) is 9.17. The van der Waals surface area contributed by atoms with E-state index in [-0.39, 0.29) is 0 Å². The number of methoxy groups -OCH3 is 1. The Bertz CT molecular complexity index is 336. The van der Waals surface area contributed by atoms with Crippen LogP contribution in [0.5, 0.6) is 5.75 Å². The van der Waals surface area contributed by atoms with Crippen molar-refractivity contribution < 1.29 is 4.74 Å². The van der Waals surface area contributed by atoms with Gasteiger partial charge in [-0.3, -0.25) is 0 Å². The Morgan fingerprint density at radius 1 is 1.25 bits per heavy atom. The van der Waals surface area contributed by atoms with Crippen LogP contribution >= 0.6 is 0 Å². The molecule has 0 amide bonds. The topological polar surface area (TPSA) is 33.0 Å².